The molecule has 3 nitrogen and oxygen atoms in total. The first-order valence-electron chi connectivity index (χ1n) is 1.94. The first kappa shape index (κ1) is 5.32. The number of nitriles is 1. The van der Waals surface area contributed by atoms with Gasteiger partial charge in [0.25, 0.3) is 0 Å². The molecule has 0 radical (unpaired) electrons. The molecule has 1 N–H and O–H groups in total. The summed E-state index contributed by atoms with van der Waals surface area (Å²) in [4.78, 5) is 0. The maximum absolute atomic E-state index is 8.20. The van der Waals surface area contributed by atoms with E-state index < -0.39 is 0 Å². The van der Waals surface area contributed by atoms with Gasteiger partial charge in [-0.2, -0.15) is 10.4 Å². The second-order valence-electron chi connectivity index (χ2n) is 1.21. The Morgan fingerprint density at radius 3 is 2.88 bits per heavy atom. The average molecular weight is 172 g/mol. The van der Waals surface area contributed by atoms with Gasteiger partial charge in [-0.1, -0.05) is 0 Å². The Hall–Kier alpha value is -0.820. The fraction of sp³-hybridized carbons (Fsp3) is 0. The molecule has 8 heavy (non-hydrogen) atoms. The summed E-state index contributed by atoms with van der Waals surface area (Å²) in [5, 5.41) is 14.4. The zero-order valence-electron chi connectivity index (χ0n) is 3.85. The van der Waals surface area contributed by atoms with Crippen molar-refractivity contribution < 1.29 is 0 Å². The molecule has 0 saturated carbocycles. The first-order valence-corrected chi connectivity index (χ1v) is 2.73. The maximum Gasteiger partial charge on any atom is 0.163 e. The van der Waals surface area contributed by atoms with Crippen LogP contribution in [-0.4, -0.2) is 10.2 Å². The Balaban J connectivity index is 3.05. The minimum Gasteiger partial charge on any atom is -0.270 e. The second kappa shape index (κ2) is 1.97. The third-order valence-electron chi connectivity index (χ3n) is 0.661. The summed E-state index contributed by atoms with van der Waals surface area (Å²) >= 11 is 3.10. The fourth-order valence-electron chi connectivity index (χ4n) is 0.355. The molecule has 0 aliphatic rings. The predicted molar refractivity (Wildman–Crippen MR) is 31.0 cm³/mol. The van der Waals surface area contributed by atoms with Gasteiger partial charge in [0.1, 0.15) is 10.7 Å². The summed E-state index contributed by atoms with van der Waals surface area (Å²) in [6.45, 7) is 0. The molecular weight excluding hydrogens is 170 g/mol. The van der Waals surface area contributed by atoms with E-state index >= 15 is 0 Å². The molecule has 0 amide bonds. The summed E-state index contributed by atoms with van der Waals surface area (Å²) in [6, 6.07) is 3.49. The Labute approximate surface area is 54.5 Å². The topological polar surface area (TPSA) is 52.5 Å². The zero-order valence-corrected chi connectivity index (χ0v) is 5.44. The van der Waals surface area contributed by atoms with Crippen LogP contribution in [0.15, 0.2) is 10.7 Å². The van der Waals surface area contributed by atoms with Crippen LogP contribution in [0.5, 0.6) is 0 Å². The molecule has 0 unspecified atom stereocenters. The van der Waals surface area contributed by atoms with Crippen molar-refractivity contribution in [3.63, 3.8) is 0 Å². The van der Waals surface area contributed by atoms with Crippen LogP contribution in [0.3, 0.4) is 0 Å². The summed E-state index contributed by atoms with van der Waals surface area (Å²) in [7, 11) is 0. The molecule has 0 bridgehead atoms. The summed E-state index contributed by atoms with van der Waals surface area (Å²) in [6.07, 6.45) is 0. The molecule has 0 aromatic carbocycles. The molecule has 0 aliphatic heterocycles. The van der Waals surface area contributed by atoms with Crippen LogP contribution in [0, 0.1) is 11.3 Å². The lowest BCUT2D eigenvalue weighted by molar-refractivity contribution is 1.05. The van der Waals surface area contributed by atoms with E-state index in [0.717, 1.165) is 4.60 Å². The molecule has 0 saturated heterocycles. The van der Waals surface area contributed by atoms with E-state index in [-0.39, 0.29) is 0 Å². The molecule has 0 atom stereocenters. The highest BCUT2D eigenvalue weighted by Gasteiger charge is 1.92. The number of nitrogens with one attached hydrogen (secondary N) is 1. The lowest BCUT2D eigenvalue weighted by Crippen LogP contribution is -1.68. The fourth-order valence-corrected chi connectivity index (χ4v) is 0.661. The van der Waals surface area contributed by atoms with Crippen LogP contribution in [0.4, 0.5) is 0 Å². The summed E-state index contributed by atoms with van der Waals surface area (Å²) in [5.74, 6) is 0. The maximum atomic E-state index is 8.20. The van der Waals surface area contributed by atoms with Crippen molar-refractivity contribution in [1.82, 2.24) is 10.2 Å². The average Bonchev–Trinajstić information content (AvgIpc) is 2.14. The van der Waals surface area contributed by atoms with E-state index in [9.17, 15) is 0 Å². The van der Waals surface area contributed by atoms with Gasteiger partial charge >= 0.3 is 0 Å². The number of aromatic nitrogens is 2. The molecule has 0 fully saturated rings. The Bertz CT molecular complexity index is 221. The van der Waals surface area contributed by atoms with Crippen molar-refractivity contribution >= 4 is 15.9 Å². The predicted octanol–water partition coefficient (Wildman–Crippen LogP) is 1.04. The summed E-state index contributed by atoms with van der Waals surface area (Å²) in [5.41, 5.74) is 0.400. The van der Waals surface area contributed by atoms with Gasteiger partial charge in [-0.25, -0.2) is 0 Å². The normalized spacial score (nSPS) is 8.50. The minimum absolute atomic E-state index is 0.400. The number of halogens is 1. The second-order valence-corrected chi connectivity index (χ2v) is 2.07. The number of nitrogens with zero attached hydrogens (tertiary/aromatic N) is 2. The molecule has 1 heterocycles. The van der Waals surface area contributed by atoms with Gasteiger partial charge < -0.3 is 0 Å². The van der Waals surface area contributed by atoms with Gasteiger partial charge in [0.15, 0.2) is 5.69 Å². The summed E-state index contributed by atoms with van der Waals surface area (Å²) < 4.78 is 0.731. The number of H-pyrrole nitrogens is 1. The van der Waals surface area contributed by atoms with E-state index in [4.69, 9.17) is 5.26 Å². The van der Waals surface area contributed by atoms with Crippen LogP contribution >= 0.6 is 15.9 Å². The highest BCUT2D eigenvalue weighted by atomic mass is 79.9. The SMILES string of the molecule is N#Cc1cc(Br)[nH]n1. The number of aromatic amines is 1. The Kier molecular flexibility index (Phi) is 1.31. The van der Waals surface area contributed by atoms with E-state index in [2.05, 4.69) is 26.1 Å². The molecule has 1 rings (SSSR count). The highest BCUT2D eigenvalue weighted by Crippen LogP contribution is 2.04. The number of hydrogen-bond acceptors (Lipinski definition) is 2. The van der Waals surface area contributed by atoms with Gasteiger partial charge in [0.05, 0.1) is 0 Å². The molecule has 1 aromatic heterocycles. The quantitative estimate of drug-likeness (QED) is 0.635. The lowest BCUT2D eigenvalue weighted by Gasteiger charge is -1.64. The van der Waals surface area contributed by atoms with Crippen LogP contribution in [0.1, 0.15) is 5.69 Å². The van der Waals surface area contributed by atoms with Gasteiger partial charge in [-0.15, -0.1) is 0 Å². The number of hydrogen-bond donors (Lipinski definition) is 1. The highest BCUT2D eigenvalue weighted by molar-refractivity contribution is 9.10. The zero-order chi connectivity index (χ0) is 5.98. The van der Waals surface area contributed by atoms with E-state index in [0.29, 0.717) is 5.69 Å². The standard InChI is InChI=1S/C4H2BrN3/c5-4-1-3(2-6)7-8-4/h1H,(H,7,8). The monoisotopic (exact) mass is 171 g/mol. The third kappa shape index (κ3) is 0.873. The van der Waals surface area contributed by atoms with E-state index in [1.165, 1.54) is 0 Å². The van der Waals surface area contributed by atoms with Gasteiger partial charge in [-0.3, -0.25) is 5.10 Å². The van der Waals surface area contributed by atoms with Crippen LogP contribution < -0.4 is 0 Å². The van der Waals surface area contributed by atoms with Crippen molar-refractivity contribution in [1.29, 1.82) is 5.26 Å². The van der Waals surface area contributed by atoms with Crippen LogP contribution in [0.2, 0.25) is 0 Å². The largest absolute Gasteiger partial charge is 0.270 e. The van der Waals surface area contributed by atoms with Crippen LogP contribution in [0.25, 0.3) is 0 Å². The van der Waals surface area contributed by atoms with Gasteiger partial charge in [-0.05, 0) is 15.9 Å². The molecule has 1 aromatic rings. The molecule has 0 aliphatic carbocycles. The molecular formula is C4H2BrN3. The first-order chi connectivity index (χ1) is 3.83. The van der Waals surface area contributed by atoms with Gasteiger partial charge in [0.2, 0.25) is 0 Å². The Morgan fingerprint density at radius 1 is 1.88 bits per heavy atom. The van der Waals surface area contributed by atoms with Crippen molar-refractivity contribution in [2.45, 2.75) is 0 Å². The van der Waals surface area contributed by atoms with Crippen molar-refractivity contribution in [3.05, 3.63) is 16.4 Å². The van der Waals surface area contributed by atoms with Crippen molar-refractivity contribution in [3.8, 4) is 6.07 Å². The third-order valence-corrected chi connectivity index (χ3v) is 1.07. The van der Waals surface area contributed by atoms with E-state index in [1.54, 1.807) is 6.07 Å². The van der Waals surface area contributed by atoms with Crippen molar-refractivity contribution in [2.75, 3.05) is 0 Å². The lowest BCUT2D eigenvalue weighted by atomic mass is 10.5. The minimum atomic E-state index is 0.400. The Morgan fingerprint density at radius 2 is 2.62 bits per heavy atom. The van der Waals surface area contributed by atoms with Gasteiger partial charge in [0, 0.05) is 6.07 Å². The van der Waals surface area contributed by atoms with E-state index in [1.807, 2.05) is 6.07 Å². The smallest absolute Gasteiger partial charge is 0.163 e. The van der Waals surface area contributed by atoms with Crippen molar-refractivity contribution in [2.24, 2.45) is 0 Å². The molecule has 0 spiro atoms. The number of rotatable bonds is 0. The molecule has 40 valence electrons. The molecule has 4 heteroatoms. The van der Waals surface area contributed by atoms with Crippen LogP contribution in [-0.2, 0) is 0 Å².